The van der Waals surface area contributed by atoms with E-state index in [2.05, 4.69) is 6.07 Å². The van der Waals surface area contributed by atoms with E-state index < -0.39 is 13.0 Å². The molecule has 0 aliphatic rings. The molecule has 0 unspecified atom stereocenters. The first-order chi connectivity index (χ1) is 5.79. The zero-order chi connectivity index (χ0) is 8.81. The van der Waals surface area contributed by atoms with E-state index in [4.69, 9.17) is 4.74 Å². The summed E-state index contributed by atoms with van der Waals surface area (Å²) in [5.41, 5.74) is 0.859. The third-order valence-corrected chi connectivity index (χ3v) is 1.28. The molecule has 0 aliphatic carbocycles. The zero-order valence-electron chi connectivity index (χ0n) is 7.55. The molecule has 0 saturated carbocycles. The molecule has 0 atom stereocenters. The maximum absolute atomic E-state index is 11.6. The van der Waals surface area contributed by atoms with Gasteiger partial charge in [-0.05, 0) is 0 Å². The van der Waals surface area contributed by atoms with Crippen LogP contribution in [0.25, 0.3) is 0 Å². The third kappa shape index (κ3) is 7.67. The predicted octanol–water partition coefficient (Wildman–Crippen LogP) is -1.11. The first-order valence-electron chi connectivity index (χ1n) is 3.60. The van der Waals surface area contributed by atoms with Crippen molar-refractivity contribution >= 4 is 23.1 Å². The number of hydrogen-bond acceptors (Lipinski definition) is 1. The fourth-order valence-electron chi connectivity index (χ4n) is 0.786. The second-order valence-corrected chi connectivity index (χ2v) is 2.32. The van der Waals surface area contributed by atoms with Gasteiger partial charge in [-0.25, -0.2) is 8.78 Å². The molecule has 0 radical (unpaired) electrons. The summed E-state index contributed by atoms with van der Waals surface area (Å²) in [4.78, 5) is 0. The van der Waals surface area contributed by atoms with Crippen molar-refractivity contribution in [3.05, 3.63) is 35.9 Å². The molecule has 14 heavy (non-hydrogen) atoms. The Kier molecular flexibility index (Phi) is 11.7. The minimum absolute atomic E-state index is 0. The Bertz CT molecular complexity index is 221. The van der Waals surface area contributed by atoms with E-state index in [0.29, 0.717) is 0 Å². The molecule has 0 N–H and O–H groups in total. The smallest absolute Gasteiger partial charge is 1.00 e. The maximum atomic E-state index is 11.6. The zero-order valence-corrected chi connectivity index (χ0v) is 10.6. The van der Waals surface area contributed by atoms with E-state index in [9.17, 15) is 8.78 Å². The van der Waals surface area contributed by atoms with Crippen LogP contribution in [-0.2, 0) is 11.3 Å². The predicted molar refractivity (Wildman–Crippen MR) is 46.7 cm³/mol. The topological polar surface area (TPSA) is 9.23 Å². The Labute approximate surface area is 109 Å². The SMILES string of the molecule is FC(F)COCc1c[c-]ccc1.[Br-].[Mg+2]. The Morgan fingerprint density at radius 2 is 2.14 bits per heavy atom. The summed E-state index contributed by atoms with van der Waals surface area (Å²) in [6.07, 6.45) is -2.39. The standard InChI is InChI=1S/C9H9F2O.BrH.Mg/c10-9(11)7-12-6-8-4-2-1-3-5-8;;/h1-2,4-5,9H,6-7H2;1H;/q-1;;+2/p-1. The molecule has 0 heterocycles. The molecule has 0 aliphatic heterocycles. The van der Waals surface area contributed by atoms with Crippen molar-refractivity contribution < 1.29 is 30.5 Å². The number of hydrogen-bond donors (Lipinski definition) is 0. The summed E-state index contributed by atoms with van der Waals surface area (Å²) in [7, 11) is 0. The van der Waals surface area contributed by atoms with E-state index in [1.54, 1.807) is 18.2 Å². The normalized spacial score (nSPS) is 9.07. The van der Waals surface area contributed by atoms with E-state index >= 15 is 0 Å². The number of ether oxygens (including phenoxy) is 1. The molecule has 0 aromatic heterocycles. The summed E-state index contributed by atoms with van der Waals surface area (Å²) < 4.78 is 27.9. The van der Waals surface area contributed by atoms with Gasteiger partial charge >= 0.3 is 23.1 Å². The molecule has 0 bridgehead atoms. The third-order valence-electron chi connectivity index (χ3n) is 1.28. The van der Waals surface area contributed by atoms with E-state index in [0.717, 1.165) is 5.56 Å². The van der Waals surface area contributed by atoms with Crippen LogP contribution in [0.1, 0.15) is 5.56 Å². The van der Waals surface area contributed by atoms with Crippen molar-refractivity contribution in [3.8, 4) is 0 Å². The molecule has 1 nitrogen and oxygen atoms in total. The van der Waals surface area contributed by atoms with Crippen molar-refractivity contribution in [1.29, 1.82) is 0 Å². The molecule has 1 rings (SSSR count). The van der Waals surface area contributed by atoms with Crippen LogP contribution in [0, 0.1) is 6.07 Å². The van der Waals surface area contributed by atoms with Crippen LogP contribution in [0.4, 0.5) is 8.78 Å². The average Bonchev–Trinajstić information content (AvgIpc) is 2.05. The van der Waals surface area contributed by atoms with Crippen LogP contribution in [-0.4, -0.2) is 36.1 Å². The summed E-state index contributed by atoms with van der Waals surface area (Å²) in [6, 6.07) is 9.89. The molecule has 0 saturated heterocycles. The van der Waals surface area contributed by atoms with Gasteiger partial charge in [-0.1, -0.05) is 0 Å². The number of alkyl halides is 2. The second-order valence-electron chi connectivity index (χ2n) is 2.32. The van der Waals surface area contributed by atoms with Crippen LogP contribution in [0.3, 0.4) is 0 Å². The molecular formula is C9H9BrF2MgO. The Morgan fingerprint density at radius 3 is 2.64 bits per heavy atom. The molecular weight excluding hydrogens is 266 g/mol. The molecule has 5 heteroatoms. The number of benzene rings is 1. The van der Waals surface area contributed by atoms with Crippen molar-refractivity contribution in [2.45, 2.75) is 13.0 Å². The first kappa shape index (κ1) is 16.7. The average molecular weight is 275 g/mol. The fraction of sp³-hybridized carbons (Fsp3) is 0.333. The van der Waals surface area contributed by atoms with Crippen molar-refractivity contribution in [1.82, 2.24) is 0 Å². The monoisotopic (exact) mass is 274 g/mol. The van der Waals surface area contributed by atoms with Crippen LogP contribution in [0.2, 0.25) is 0 Å². The minimum Gasteiger partial charge on any atom is -1.00 e. The molecule has 1 aromatic carbocycles. The summed E-state index contributed by atoms with van der Waals surface area (Å²) in [5, 5.41) is 0. The Morgan fingerprint density at radius 1 is 1.43 bits per heavy atom. The maximum Gasteiger partial charge on any atom is 2.00 e. The molecule has 1 aromatic rings. The largest absolute Gasteiger partial charge is 2.00 e. The van der Waals surface area contributed by atoms with Gasteiger partial charge in [0.05, 0.1) is 0 Å². The van der Waals surface area contributed by atoms with Crippen LogP contribution >= 0.6 is 0 Å². The van der Waals surface area contributed by atoms with Gasteiger partial charge in [-0.15, -0.1) is 5.56 Å². The van der Waals surface area contributed by atoms with E-state index in [1.165, 1.54) is 0 Å². The van der Waals surface area contributed by atoms with Crippen molar-refractivity contribution in [2.75, 3.05) is 6.61 Å². The first-order valence-corrected chi connectivity index (χ1v) is 3.60. The van der Waals surface area contributed by atoms with Crippen molar-refractivity contribution in [3.63, 3.8) is 0 Å². The summed E-state index contributed by atoms with van der Waals surface area (Å²) in [5.74, 6) is 0. The molecule has 0 fully saturated rings. The van der Waals surface area contributed by atoms with Gasteiger partial charge in [0.1, 0.15) is 6.61 Å². The van der Waals surface area contributed by atoms with Crippen LogP contribution < -0.4 is 17.0 Å². The summed E-state index contributed by atoms with van der Waals surface area (Å²) in [6.45, 7) is -0.281. The number of rotatable bonds is 4. The van der Waals surface area contributed by atoms with Gasteiger partial charge in [0.25, 0.3) is 6.43 Å². The minimum atomic E-state index is -2.39. The quantitative estimate of drug-likeness (QED) is 0.500. The van der Waals surface area contributed by atoms with Gasteiger partial charge in [0, 0.05) is 6.61 Å². The van der Waals surface area contributed by atoms with Gasteiger partial charge in [0.15, 0.2) is 0 Å². The molecule has 74 valence electrons. The van der Waals surface area contributed by atoms with Crippen molar-refractivity contribution in [2.24, 2.45) is 0 Å². The van der Waals surface area contributed by atoms with Gasteiger partial charge < -0.3 is 21.7 Å². The Balaban J connectivity index is 0. The van der Waals surface area contributed by atoms with Gasteiger partial charge in [-0.3, -0.25) is 0 Å². The summed E-state index contributed by atoms with van der Waals surface area (Å²) >= 11 is 0. The van der Waals surface area contributed by atoms with Gasteiger partial charge in [0.2, 0.25) is 0 Å². The van der Waals surface area contributed by atoms with E-state index in [1.807, 2.05) is 6.07 Å². The van der Waals surface area contributed by atoms with E-state index in [-0.39, 0.29) is 46.6 Å². The molecule has 0 spiro atoms. The van der Waals surface area contributed by atoms with Crippen LogP contribution in [0.5, 0.6) is 0 Å². The fourth-order valence-corrected chi connectivity index (χ4v) is 0.786. The van der Waals surface area contributed by atoms with Gasteiger partial charge in [-0.2, -0.15) is 30.3 Å². The molecule has 0 amide bonds. The Hall–Kier alpha value is 0.286. The number of halogens is 3. The second kappa shape index (κ2) is 9.83. The van der Waals surface area contributed by atoms with Crippen LogP contribution in [0.15, 0.2) is 24.3 Å².